The molecule has 0 saturated carbocycles. The van der Waals surface area contributed by atoms with E-state index in [1.54, 1.807) is 12.1 Å². The van der Waals surface area contributed by atoms with E-state index in [0.29, 0.717) is 9.21 Å². The lowest BCUT2D eigenvalue weighted by atomic mass is 10.2. The Bertz CT molecular complexity index is 685. The summed E-state index contributed by atoms with van der Waals surface area (Å²) in [5, 5.41) is -0.866. The Hall–Kier alpha value is -1.11. The van der Waals surface area contributed by atoms with Gasteiger partial charge in [-0.3, -0.25) is 9.00 Å². The number of ketones is 1. The second-order valence-corrected chi connectivity index (χ2v) is 7.47. The highest BCUT2D eigenvalue weighted by Gasteiger charge is 2.24. The number of halogens is 3. The van der Waals surface area contributed by atoms with Crippen molar-refractivity contribution < 1.29 is 17.8 Å². The third-order valence-electron chi connectivity index (χ3n) is 2.63. The van der Waals surface area contributed by atoms with E-state index in [2.05, 4.69) is 0 Å². The van der Waals surface area contributed by atoms with Crippen molar-refractivity contribution in [3.05, 3.63) is 51.2 Å². The summed E-state index contributed by atoms with van der Waals surface area (Å²) in [6, 6.07) is 6.07. The molecule has 0 aliphatic heterocycles. The zero-order valence-corrected chi connectivity index (χ0v) is 12.6. The van der Waals surface area contributed by atoms with Crippen molar-refractivity contribution >= 4 is 39.5 Å². The SMILES string of the molecule is CC(C(=O)c1ccc(Cl)s1)S(=O)c1ccc(F)c(F)c1. The minimum Gasteiger partial charge on any atom is -0.292 e. The fraction of sp³-hybridized carbons (Fsp3) is 0.154. The lowest BCUT2D eigenvalue weighted by Gasteiger charge is -2.09. The smallest absolute Gasteiger partial charge is 0.188 e. The van der Waals surface area contributed by atoms with Crippen LogP contribution in [0.3, 0.4) is 0 Å². The average molecular weight is 335 g/mol. The molecule has 0 aliphatic rings. The molecule has 0 aliphatic carbocycles. The summed E-state index contributed by atoms with van der Waals surface area (Å²) in [6.07, 6.45) is 0. The molecule has 0 N–H and O–H groups in total. The average Bonchev–Trinajstić information content (AvgIpc) is 2.86. The van der Waals surface area contributed by atoms with E-state index in [1.807, 2.05) is 0 Å². The van der Waals surface area contributed by atoms with E-state index in [0.717, 1.165) is 23.5 Å². The predicted octanol–water partition coefficient (Wildman–Crippen LogP) is 4.06. The summed E-state index contributed by atoms with van der Waals surface area (Å²) in [7, 11) is -1.76. The van der Waals surface area contributed by atoms with E-state index in [-0.39, 0.29) is 10.7 Å². The standard InChI is InChI=1S/C13H9ClF2O2S2/c1-7(13(17)11-4-5-12(14)19-11)20(18)8-2-3-9(15)10(16)6-8/h2-7H,1H3. The Kier molecular flexibility index (Phi) is 4.67. The molecule has 0 amide bonds. The second kappa shape index (κ2) is 6.11. The Morgan fingerprint density at radius 2 is 1.95 bits per heavy atom. The highest BCUT2D eigenvalue weighted by molar-refractivity contribution is 7.86. The zero-order chi connectivity index (χ0) is 14.9. The van der Waals surface area contributed by atoms with Crippen molar-refractivity contribution in [2.75, 3.05) is 0 Å². The van der Waals surface area contributed by atoms with Crippen LogP contribution < -0.4 is 0 Å². The maximum Gasteiger partial charge on any atom is 0.188 e. The topological polar surface area (TPSA) is 34.1 Å². The zero-order valence-electron chi connectivity index (χ0n) is 10.2. The quantitative estimate of drug-likeness (QED) is 0.790. The highest BCUT2D eigenvalue weighted by atomic mass is 35.5. The van der Waals surface area contributed by atoms with Crippen LogP contribution in [-0.2, 0) is 10.8 Å². The first-order chi connectivity index (χ1) is 9.40. The van der Waals surface area contributed by atoms with Gasteiger partial charge in [-0.1, -0.05) is 11.6 Å². The lowest BCUT2D eigenvalue weighted by molar-refractivity contribution is 0.0996. The molecular weight excluding hydrogens is 326 g/mol. The number of carbonyl (C=O) groups is 1. The van der Waals surface area contributed by atoms with Gasteiger partial charge in [-0.25, -0.2) is 8.78 Å². The lowest BCUT2D eigenvalue weighted by Crippen LogP contribution is -2.22. The molecule has 0 fully saturated rings. The van der Waals surface area contributed by atoms with Crippen LogP contribution in [0.15, 0.2) is 35.2 Å². The van der Waals surface area contributed by atoms with Crippen molar-refractivity contribution in [1.29, 1.82) is 0 Å². The number of thiophene rings is 1. The molecule has 0 radical (unpaired) electrons. The first-order valence-corrected chi connectivity index (χ1v) is 7.96. The summed E-state index contributed by atoms with van der Waals surface area (Å²) >= 11 is 6.83. The molecule has 1 heterocycles. The van der Waals surface area contributed by atoms with Crippen LogP contribution in [0.5, 0.6) is 0 Å². The van der Waals surface area contributed by atoms with Gasteiger partial charge >= 0.3 is 0 Å². The van der Waals surface area contributed by atoms with Gasteiger partial charge in [0, 0.05) is 4.90 Å². The first-order valence-electron chi connectivity index (χ1n) is 5.55. The molecule has 106 valence electrons. The Labute approximate surface area is 125 Å². The van der Waals surface area contributed by atoms with Crippen LogP contribution >= 0.6 is 22.9 Å². The van der Waals surface area contributed by atoms with Crippen molar-refractivity contribution in [2.45, 2.75) is 17.1 Å². The van der Waals surface area contributed by atoms with Crippen LogP contribution in [0.1, 0.15) is 16.6 Å². The van der Waals surface area contributed by atoms with Gasteiger partial charge in [0.2, 0.25) is 0 Å². The van der Waals surface area contributed by atoms with Gasteiger partial charge in [-0.05, 0) is 37.3 Å². The summed E-state index contributed by atoms with van der Waals surface area (Å²) in [4.78, 5) is 12.6. The van der Waals surface area contributed by atoms with Gasteiger partial charge < -0.3 is 0 Å². The predicted molar refractivity (Wildman–Crippen MR) is 75.9 cm³/mol. The maximum absolute atomic E-state index is 13.1. The van der Waals surface area contributed by atoms with Crippen LogP contribution in [0, 0.1) is 11.6 Å². The Morgan fingerprint density at radius 3 is 2.50 bits per heavy atom. The van der Waals surface area contributed by atoms with Crippen LogP contribution in [0.2, 0.25) is 4.34 Å². The largest absolute Gasteiger partial charge is 0.292 e. The molecule has 0 bridgehead atoms. The monoisotopic (exact) mass is 334 g/mol. The molecule has 7 heteroatoms. The van der Waals surface area contributed by atoms with Crippen LogP contribution in [0.25, 0.3) is 0 Å². The number of rotatable bonds is 4. The summed E-state index contributed by atoms with van der Waals surface area (Å²) < 4.78 is 38.6. The summed E-state index contributed by atoms with van der Waals surface area (Å²) in [6.45, 7) is 1.48. The summed E-state index contributed by atoms with van der Waals surface area (Å²) in [5.41, 5.74) is 0. The number of hydrogen-bond acceptors (Lipinski definition) is 3. The third-order valence-corrected chi connectivity index (χ3v) is 5.45. The van der Waals surface area contributed by atoms with E-state index in [4.69, 9.17) is 11.6 Å². The first kappa shape index (κ1) is 15.3. The number of Topliss-reactive ketones (excluding diaryl/α,β-unsaturated/α-hetero) is 1. The highest BCUT2D eigenvalue weighted by Crippen LogP contribution is 2.25. The number of carbonyl (C=O) groups excluding carboxylic acids is 1. The Morgan fingerprint density at radius 1 is 1.25 bits per heavy atom. The number of benzene rings is 1. The van der Waals surface area contributed by atoms with Gasteiger partial charge in [0.05, 0.1) is 20.0 Å². The second-order valence-electron chi connectivity index (χ2n) is 3.98. The fourth-order valence-electron chi connectivity index (χ4n) is 1.55. The Balaban J connectivity index is 2.24. The van der Waals surface area contributed by atoms with Crippen molar-refractivity contribution in [3.63, 3.8) is 0 Å². The molecule has 1 aromatic heterocycles. The van der Waals surface area contributed by atoms with Crippen molar-refractivity contribution in [2.24, 2.45) is 0 Å². The van der Waals surface area contributed by atoms with Gasteiger partial charge in [0.1, 0.15) is 5.25 Å². The van der Waals surface area contributed by atoms with E-state index >= 15 is 0 Å². The minimum atomic E-state index is -1.76. The molecule has 2 atom stereocenters. The minimum absolute atomic E-state index is 0.0763. The van der Waals surface area contributed by atoms with E-state index < -0.39 is 27.7 Å². The van der Waals surface area contributed by atoms with Gasteiger partial charge in [-0.2, -0.15) is 0 Å². The van der Waals surface area contributed by atoms with Gasteiger partial charge in [0.15, 0.2) is 17.4 Å². The third kappa shape index (κ3) is 3.13. The molecule has 2 rings (SSSR count). The van der Waals surface area contributed by atoms with Crippen molar-refractivity contribution in [3.8, 4) is 0 Å². The number of hydrogen-bond donors (Lipinski definition) is 0. The van der Waals surface area contributed by atoms with Crippen LogP contribution in [0.4, 0.5) is 8.78 Å². The van der Waals surface area contributed by atoms with Crippen LogP contribution in [-0.4, -0.2) is 15.2 Å². The summed E-state index contributed by atoms with van der Waals surface area (Å²) in [5.74, 6) is -2.45. The molecule has 0 saturated heterocycles. The van der Waals surface area contributed by atoms with E-state index in [9.17, 15) is 17.8 Å². The molecule has 1 aromatic carbocycles. The van der Waals surface area contributed by atoms with Gasteiger partial charge in [-0.15, -0.1) is 11.3 Å². The molecule has 0 spiro atoms. The molecule has 20 heavy (non-hydrogen) atoms. The molecule has 2 unspecified atom stereocenters. The molecule has 2 nitrogen and oxygen atoms in total. The molecular formula is C13H9ClF2O2S2. The fourth-order valence-corrected chi connectivity index (χ4v) is 3.85. The van der Waals surface area contributed by atoms with E-state index in [1.165, 1.54) is 13.0 Å². The normalized spacial score (nSPS) is 14.0. The maximum atomic E-state index is 13.1. The van der Waals surface area contributed by atoms with Crippen molar-refractivity contribution in [1.82, 2.24) is 0 Å². The van der Waals surface area contributed by atoms with Gasteiger partial charge in [0.25, 0.3) is 0 Å². The molecule has 2 aromatic rings.